The van der Waals surface area contributed by atoms with Gasteiger partial charge in [-0.15, -0.1) is 0 Å². The number of para-hydroxylation sites is 1. The predicted molar refractivity (Wildman–Crippen MR) is 93.3 cm³/mol. The second kappa shape index (κ2) is 8.61. The number of nitrogens with zero attached hydrogens (tertiary/aromatic N) is 2. The van der Waals surface area contributed by atoms with Crippen LogP contribution in [-0.4, -0.2) is 74.6 Å². The van der Waals surface area contributed by atoms with E-state index in [0.29, 0.717) is 18.7 Å². The Labute approximate surface area is 148 Å². The lowest BCUT2D eigenvalue weighted by molar-refractivity contribution is -0.135. The number of hydrogen-bond acceptors (Lipinski definition) is 5. The molecule has 1 saturated heterocycles. The number of likely N-dealkylation sites (tertiary alicyclic amines) is 1. The van der Waals surface area contributed by atoms with Crippen molar-refractivity contribution >= 4 is 16.1 Å². The summed E-state index contributed by atoms with van der Waals surface area (Å²) in [7, 11) is -0.780. The van der Waals surface area contributed by atoms with Gasteiger partial charge in [0.1, 0.15) is 5.75 Å². The van der Waals surface area contributed by atoms with Gasteiger partial charge in [-0.05, 0) is 18.6 Å². The fraction of sp³-hybridized carbons (Fsp3) is 0.562. The first kappa shape index (κ1) is 19.6. The van der Waals surface area contributed by atoms with Crippen LogP contribution in [0.1, 0.15) is 12.8 Å². The first-order chi connectivity index (χ1) is 11.8. The van der Waals surface area contributed by atoms with Gasteiger partial charge in [0.25, 0.3) is 10.2 Å². The van der Waals surface area contributed by atoms with Crippen LogP contribution in [0.5, 0.6) is 5.75 Å². The maximum atomic E-state index is 12.2. The molecule has 0 aliphatic carbocycles. The Morgan fingerprint density at radius 3 is 2.64 bits per heavy atom. The van der Waals surface area contributed by atoms with Crippen molar-refractivity contribution in [3.8, 4) is 5.75 Å². The number of amides is 1. The number of β-amino-alcohol motifs (C(OH)–C–C–N with tert-alkyl or cyclic N) is 1. The lowest BCUT2D eigenvalue weighted by Gasteiger charge is -2.36. The lowest BCUT2D eigenvalue weighted by atomic mass is 10.0. The van der Waals surface area contributed by atoms with Crippen molar-refractivity contribution in [2.24, 2.45) is 0 Å². The van der Waals surface area contributed by atoms with Gasteiger partial charge in [-0.25, -0.2) is 0 Å². The molecule has 9 heteroatoms. The number of piperidine rings is 1. The number of benzene rings is 1. The molecule has 1 amide bonds. The van der Waals surface area contributed by atoms with E-state index in [0.717, 1.165) is 4.31 Å². The minimum absolute atomic E-state index is 0.102. The molecular formula is C16H25N3O5S. The third-order valence-electron chi connectivity index (χ3n) is 4.04. The van der Waals surface area contributed by atoms with Gasteiger partial charge < -0.3 is 14.7 Å². The van der Waals surface area contributed by atoms with E-state index in [9.17, 15) is 18.3 Å². The molecule has 1 fully saturated rings. The van der Waals surface area contributed by atoms with Gasteiger partial charge in [0, 0.05) is 27.2 Å². The van der Waals surface area contributed by atoms with Crippen LogP contribution < -0.4 is 9.46 Å². The van der Waals surface area contributed by atoms with E-state index < -0.39 is 22.4 Å². The standard InChI is InChI=1S/C16H25N3O5S/c1-18(2)25(22,23)17-14-8-10-19(12-15(14)20)16(21)9-11-24-13-6-4-3-5-7-13/h3-7,14-15,17,20H,8-12H2,1-2H3/t14-,15-/m1/s1. The van der Waals surface area contributed by atoms with Crippen molar-refractivity contribution < 1.29 is 23.1 Å². The summed E-state index contributed by atoms with van der Waals surface area (Å²) in [5.41, 5.74) is 0. The Morgan fingerprint density at radius 2 is 2.04 bits per heavy atom. The summed E-state index contributed by atoms with van der Waals surface area (Å²) >= 11 is 0. The highest BCUT2D eigenvalue weighted by Gasteiger charge is 2.33. The average Bonchev–Trinajstić information content (AvgIpc) is 2.57. The van der Waals surface area contributed by atoms with Crippen molar-refractivity contribution in [3.05, 3.63) is 30.3 Å². The van der Waals surface area contributed by atoms with Gasteiger partial charge in [0.2, 0.25) is 5.91 Å². The van der Waals surface area contributed by atoms with E-state index in [1.54, 1.807) is 4.90 Å². The summed E-state index contributed by atoms with van der Waals surface area (Å²) in [6, 6.07) is 8.62. The second-order valence-corrected chi connectivity index (χ2v) is 8.04. The topological polar surface area (TPSA) is 99.2 Å². The molecule has 1 heterocycles. The van der Waals surface area contributed by atoms with Crippen molar-refractivity contribution in [3.63, 3.8) is 0 Å². The van der Waals surface area contributed by atoms with Gasteiger partial charge in [-0.3, -0.25) is 4.79 Å². The van der Waals surface area contributed by atoms with Crippen LogP contribution in [0.4, 0.5) is 0 Å². The molecule has 25 heavy (non-hydrogen) atoms. The molecule has 2 atom stereocenters. The molecule has 140 valence electrons. The molecule has 0 radical (unpaired) electrons. The van der Waals surface area contributed by atoms with E-state index >= 15 is 0 Å². The van der Waals surface area contributed by atoms with E-state index in [-0.39, 0.29) is 25.5 Å². The van der Waals surface area contributed by atoms with Crippen LogP contribution in [0.15, 0.2) is 30.3 Å². The Morgan fingerprint density at radius 1 is 1.36 bits per heavy atom. The van der Waals surface area contributed by atoms with Crippen LogP contribution in [-0.2, 0) is 15.0 Å². The van der Waals surface area contributed by atoms with Crippen LogP contribution in [0, 0.1) is 0 Å². The zero-order chi connectivity index (χ0) is 18.4. The van der Waals surface area contributed by atoms with Gasteiger partial charge in [0.05, 0.1) is 25.2 Å². The minimum atomic E-state index is -3.61. The molecule has 0 aromatic heterocycles. The van der Waals surface area contributed by atoms with E-state index in [1.165, 1.54) is 14.1 Å². The van der Waals surface area contributed by atoms with Crippen LogP contribution in [0.3, 0.4) is 0 Å². The average molecular weight is 371 g/mol. The zero-order valence-electron chi connectivity index (χ0n) is 14.5. The van der Waals surface area contributed by atoms with Crippen molar-refractivity contribution in [2.45, 2.75) is 25.0 Å². The molecule has 2 N–H and O–H groups in total. The number of aliphatic hydroxyl groups excluding tert-OH is 1. The van der Waals surface area contributed by atoms with Crippen LogP contribution in [0.2, 0.25) is 0 Å². The highest BCUT2D eigenvalue weighted by Crippen LogP contribution is 2.14. The number of hydrogen-bond donors (Lipinski definition) is 2. The molecule has 2 rings (SSSR count). The first-order valence-corrected chi connectivity index (χ1v) is 9.57. The third-order valence-corrected chi connectivity index (χ3v) is 5.61. The maximum Gasteiger partial charge on any atom is 0.279 e. The molecule has 1 aliphatic rings. The zero-order valence-corrected chi connectivity index (χ0v) is 15.3. The lowest BCUT2D eigenvalue weighted by Crippen LogP contribution is -2.56. The molecule has 0 spiro atoms. The number of carbonyl (C=O) groups is 1. The maximum absolute atomic E-state index is 12.2. The largest absolute Gasteiger partial charge is 0.493 e. The number of aliphatic hydroxyl groups is 1. The number of rotatable bonds is 7. The Bertz CT molecular complexity index is 666. The summed E-state index contributed by atoms with van der Waals surface area (Å²) in [4.78, 5) is 13.8. The Balaban J connectivity index is 1.78. The quantitative estimate of drug-likeness (QED) is 0.692. The molecular weight excluding hydrogens is 346 g/mol. The van der Waals surface area contributed by atoms with Gasteiger partial charge in [-0.1, -0.05) is 18.2 Å². The van der Waals surface area contributed by atoms with Gasteiger partial charge in [0.15, 0.2) is 0 Å². The Hall–Kier alpha value is -1.68. The first-order valence-electron chi connectivity index (χ1n) is 8.13. The fourth-order valence-corrected chi connectivity index (χ4v) is 3.39. The minimum Gasteiger partial charge on any atom is -0.493 e. The van der Waals surface area contributed by atoms with Gasteiger partial charge >= 0.3 is 0 Å². The molecule has 1 aliphatic heterocycles. The van der Waals surface area contributed by atoms with Gasteiger partial charge in [-0.2, -0.15) is 17.4 Å². The molecule has 0 saturated carbocycles. The summed E-state index contributed by atoms with van der Waals surface area (Å²) in [6.45, 7) is 0.749. The monoisotopic (exact) mass is 371 g/mol. The number of nitrogens with one attached hydrogen (secondary N) is 1. The second-order valence-electron chi connectivity index (χ2n) is 6.12. The Kier molecular flexibility index (Phi) is 6.77. The van der Waals surface area contributed by atoms with Crippen molar-refractivity contribution in [1.82, 2.24) is 13.9 Å². The molecule has 0 bridgehead atoms. The molecule has 1 aromatic rings. The molecule has 8 nitrogen and oxygen atoms in total. The fourth-order valence-electron chi connectivity index (χ4n) is 2.52. The summed E-state index contributed by atoms with van der Waals surface area (Å²) in [5, 5.41) is 10.2. The predicted octanol–water partition coefficient (Wildman–Crippen LogP) is -0.187. The number of ether oxygens (including phenoxy) is 1. The number of carbonyl (C=O) groups excluding carboxylic acids is 1. The highest BCUT2D eigenvalue weighted by molar-refractivity contribution is 7.87. The van der Waals surface area contributed by atoms with Crippen molar-refractivity contribution in [1.29, 1.82) is 0 Å². The third kappa shape index (κ3) is 5.67. The summed E-state index contributed by atoms with van der Waals surface area (Å²) in [5.74, 6) is 0.580. The van der Waals surface area contributed by atoms with Crippen LogP contribution in [0.25, 0.3) is 0 Å². The normalized spacial score (nSPS) is 21.4. The van der Waals surface area contributed by atoms with E-state index in [2.05, 4.69) is 4.72 Å². The van der Waals surface area contributed by atoms with E-state index in [4.69, 9.17) is 4.74 Å². The molecule has 1 aromatic carbocycles. The van der Waals surface area contributed by atoms with Crippen LogP contribution >= 0.6 is 0 Å². The SMILES string of the molecule is CN(C)S(=O)(=O)N[C@@H]1CCN(C(=O)CCOc2ccccc2)C[C@H]1O. The highest BCUT2D eigenvalue weighted by atomic mass is 32.2. The summed E-state index contributed by atoms with van der Waals surface area (Å²) in [6.07, 6.45) is -0.377. The molecule has 0 unspecified atom stereocenters. The van der Waals surface area contributed by atoms with Crippen molar-refractivity contribution in [2.75, 3.05) is 33.8 Å². The van der Waals surface area contributed by atoms with E-state index in [1.807, 2.05) is 30.3 Å². The summed E-state index contributed by atoms with van der Waals surface area (Å²) < 4.78 is 32.7. The smallest absolute Gasteiger partial charge is 0.279 e.